The van der Waals surface area contributed by atoms with Crippen molar-refractivity contribution in [1.29, 1.82) is 0 Å². The Morgan fingerprint density at radius 2 is 1.00 bits per heavy atom. The third kappa shape index (κ3) is 3.64. The molecule has 2 aliphatic rings. The monoisotopic (exact) mass is 556 g/mol. The Bertz CT molecular complexity index is 1050. The summed E-state index contributed by atoms with van der Waals surface area (Å²) in [6.45, 7) is 17.9. The van der Waals surface area contributed by atoms with E-state index < -0.39 is 8.99 Å². The summed E-state index contributed by atoms with van der Waals surface area (Å²) in [7, 11) is 0.307. The summed E-state index contributed by atoms with van der Waals surface area (Å²) < 4.78 is -1.16. The Morgan fingerprint density at radius 3 is 1.31 bits per heavy atom. The Hall–Kier alpha value is -0.400. The summed E-state index contributed by atoms with van der Waals surface area (Å²) in [6.07, 6.45) is 0. The summed E-state index contributed by atoms with van der Waals surface area (Å²) in [6, 6.07) is 13.3. The first kappa shape index (κ1) is 26.2. The van der Waals surface area contributed by atoms with E-state index in [0.717, 1.165) is 0 Å². The molecule has 2 atom stereocenters. The summed E-state index contributed by atoms with van der Waals surface area (Å²) in [5.74, 6) is 0.907. The van der Waals surface area contributed by atoms with Crippen molar-refractivity contribution in [2.45, 2.75) is 76.2 Å². The molecule has 0 saturated heterocycles. The largest absolute Gasteiger partial charge is 0.118 e. The molecule has 0 aromatic heterocycles. The van der Waals surface area contributed by atoms with Crippen LogP contribution < -0.4 is 0 Å². The molecule has 0 spiro atoms. The van der Waals surface area contributed by atoms with Crippen molar-refractivity contribution in [2.75, 3.05) is 0 Å². The number of hydrogen-bond donors (Lipinski definition) is 0. The zero-order chi connectivity index (χ0) is 22.9. The van der Waals surface area contributed by atoms with Gasteiger partial charge in [-0.2, -0.15) is 0 Å². The number of hydrogen-bond acceptors (Lipinski definition) is 0. The van der Waals surface area contributed by atoms with Gasteiger partial charge in [-0.3, -0.25) is 0 Å². The molecule has 0 N–H and O–H groups in total. The van der Waals surface area contributed by atoms with Gasteiger partial charge in [-0.25, -0.2) is 0 Å². The van der Waals surface area contributed by atoms with E-state index in [4.69, 9.17) is 23.2 Å². The maximum Gasteiger partial charge on any atom is 0.118 e. The topological polar surface area (TPSA) is 0 Å². The minimum atomic E-state index is -0.580. The molecule has 0 aliphatic heterocycles. The van der Waals surface area contributed by atoms with Gasteiger partial charge in [0.2, 0.25) is 0 Å². The first-order chi connectivity index (χ1) is 14.4. The Kier molecular flexibility index (Phi) is 7.37. The van der Waals surface area contributed by atoms with Gasteiger partial charge in [0, 0.05) is 26.2 Å². The van der Waals surface area contributed by atoms with Gasteiger partial charge in [-0.15, -0.1) is 23.2 Å². The van der Waals surface area contributed by atoms with Gasteiger partial charge in [0.05, 0.1) is 8.99 Å². The van der Waals surface area contributed by atoms with E-state index >= 15 is 0 Å². The number of alkyl halides is 2. The Labute approximate surface area is 225 Å². The van der Waals surface area contributed by atoms with Crippen molar-refractivity contribution in [3.63, 3.8) is 0 Å². The first-order valence-corrected chi connectivity index (χ1v) is 13.0. The Morgan fingerprint density at radius 1 is 0.656 bits per heavy atom. The average molecular weight is 559 g/mol. The van der Waals surface area contributed by atoms with Crippen LogP contribution in [0.25, 0.3) is 11.1 Å². The molecule has 0 heterocycles. The molecule has 2 radical (unpaired) electrons. The molecule has 32 heavy (non-hydrogen) atoms. The summed E-state index contributed by atoms with van der Waals surface area (Å²) >= 11 is 15.2. The molecule has 2 aromatic rings. The number of rotatable bonds is 4. The third-order valence-electron chi connectivity index (χ3n) is 7.43. The number of fused-ring (bicyclic) bond motifs is 2. The van der Waals surface area contributed by atoms with E-state index in [1.807, 2.05) is 0 Å². The zero-order valence-electron chi connectivity index (χ0n) is 20.4. The molecule has 0 bridgehead atoms. The number of halogens is 2. The summed E-state index contributed by atoms with van der Waals surface area (Å²) in [5.41, 5.74) is 13.0. The molecular formula is C28H32Cl2SiZr. The minimum absolute atomic E-state index is 0. The molecule has 166 valence electrons. The summed E-state index contributed by atoms with van der Waals surface area (Å²) in [5, 5.41) is 0. The van der Waals surface area contributed by atoms with E-state index in [1.54, 1.807) is 0 Å². The molecule has 0 fully saturated rings. The molecule has 2 aromatic carbocycles. The summed E-state index contributed by atoms with van der Waals surface area (Å²) in [4.78, 5) is 0. The van der Waals surface area contributed by atoms with Crippen molar-refractivity contribution in [3.8, 4) is 0 Å². The van der Waals surface area contributed by atoms with Crippen molar-refractivity contribution in [2.24, 2.45) is 0 Å². The fourth-order valence-corrected chi connectivity index (χ4v) is 8.87. The number of benzene rings is 2. The van der Waals surface area contributed by atoms with Crippen LogP contribution in [0.2, 0.25) is 0 Å². The molecular weight excluding hydrogens is 527 g/mol. The standard InChI is InChI=1S/C28H32Cl2Si.Zr/c1-15(2)21-11-9-13-23-25(21)17(5)19(7)27(23,29)31-28(30)20(8)18(6)26-22(16(3)4)12-10-14-24(26)28;/h9-16H,1-8H3;. The van der Waals surface area contributed by atoms with Gasteiger partial charge in [-0.1, -0.05) is 64.1 Å². The van der Waals surface area contributed by atoms with Gasteiger partial charge >= 0.3 is 0 Å². The van der Waals surface area contributed by atoms with Gasteiger partial charge < -0.3 is 0 Å². The van der Waals surface area contributed by atoms with Crippen LogP contribution in [0, 0.1) is 0 Å². The molecule has 0 saturated carbocycles. The maximum absolute atomic E-state index is 7.62. The number of allylic oxidation sites excluding steroid dienone is 4. The van der Waals surface area contributed by atoms with Crippen LogP contribution in [0.5, 0.6) is 0 Å². The third-order valence-corrected chi connectivity index (χ3v) is 11.0. The molecule has 4 rings (SSSR count). The normalized spacial score (nSPS) is 24.4. The average Bonchev–Trinajstić information content (AvgIpc) is 3.04. The van der Waals surface area contributed by atoms with E-state index in [0.29, 0.717) is 21.4 Å². The van der Waals surface area contributed by atoms with Crippen LogP contribution in [0.4, 0.5) is 0 Å². The van der Waals surface area contributed by atoms with E-state index in [9.17, 15) is 0 Å². The SMILES string of the molecule is CC1=C(C)C(Cl)([Si]C2(Cl)C(C)=C(C)c3c(C(C)C)cccc32)c2cccc(C(C)C)c21.[Zr]. The fraction of sp³-hybridized carbons (Fsp3) is 0.429. The van der Waals surface area contributed by atoms with Crippen LogP contribution in [-0.2, 0) is 35.2 Å². The minimum Gasteiger partial charge on any atom is -0.114 e. The maximum atomic E-state index is 7.62. The molecule has 2 aliphatic carbocycles. The van der Waals surface area contributed by atoms with Crippen molar-refractivity contribution in [3.05, 3.63) is 80.9 Å². The molecule has 2 unspecified atom stereocenters. The van der Waals surface area contributed by atoms with E-state index in [-0.39, 0.29) is 26.2 Å². The van der Waals surface area contributed by atoms with Crippen LogP contribution >= 0.6 is 23.2 Å². The fourth-order valence-electron chi connectivity index (χ4n) is 5.37. The molecule has 0 amide bonds. The van der Waals surface area contributed by atoms with E-state index in [1.165, 1.54) is 55.7 Å². The van der Waals surface area contributed by atoms with Crippen molar-refractivity contribution in [1.82, 2.24) is 0 Å². The van der Waals surface area contributed by atoms with E-state index in [2.05, 4.69) is 91.8 Å². The Balaban J connectivity index is 0.00000289. The van der Waals surface area contributed by atoms with Crippen LogP contribution in [0.3, 0.4) is 0 Å². The predicted octanol–water partition coefficient (Wildman–Crippen LogP) is 8.73. The van der Waals surface area contributed by atoms with Crippen LogP contribution in [-0.4, -0.2) is 9.52 Å². The molecule has 4 heteroatoms. The van der Waals surface area contributed by atoms with Crippen LogP contribution in [0.15, 0.2) is 47.5 Å². The van der Waals surface area contributed by atoms with Crippen molar-refractivity contribution >= 4 is 43.9 Å². The van der Waals surface area contributed by atoms with Gasteiger partial charge in [0.25, 0.3) is 0 Å². The van der Waals surface area contributed by atoms with Crippen molar-refractivity contribution < 1.29 is 26.2 Å². The predicted molar refractivity (Wildman–Crippen MR) is 138 cm³/mol. The second kappa shape index (κ2) is 8.99. The quantitative estimate of drug-likeness (QED) is 0.260. The van der Waals surface area contributed by atoms with Crippen LogP contribution in [0.1, 0.15) is 101 Å². The molecule has 0 nitrogen and oxygen atoms in total. The second-order valence-corrected chi connectivity index (χ2v) is 13.3. The smallest absolute Gasteiger partial charge is 0.114 e. The zero-order valence-corrected chi connectivity index (χ0v) is 25.3. The first-order valence-electron chi connectivity index (χ1n) is 11.3. The van der Waals surface area contributed by atoms with Gasteiger partial charge in [0.15, 0.2) is 0 Å². The van der Waals surface area contributed by atoms with Gasteiger partial charge in [0.1, 0.15) is 9.52 Å². The second-order valence-electron chi connectivity index (χ2n) is 9.79. The van der Waals surface area contributed by atoms with Gasteiger partial charge in [-0.05, 0) is 95.2 Å².